The van der Waals surface area contributed by atoms with E-state index in [1.165, 1.54) is 0 Å². The van der Waals surface area contributed by atoms with Gasteiger partial charge in [0.2, 0.25) is 0 Å². The minimum atomic E-state index is 0.713. The first-order valence-corrected chi connectivity index (χ1v) is 7.13. The number of benzene rings is 2. The van der Waals surface area contributed by atoms with Gasteiger partial charge in [-0.15, -0.1) is 0 Å². The normalized spacial score (nSPS) is 11.5. The summed E-state index contributed by atoms with van der Waals surface area (Å²) in [5, 5.41) is 2.23. The Hall–Kier alpha value is -3.07. The van der Waals surface area contributed by atoms with E-state index >= 15 is 0 Å². The van der Waals surface area contributed by atoms with Gasteiger partial charge in [-0.3, -0.25) is 4.98 Å². The molecule has 0 saturated heterocycles. The van der Waals surface area contributed by atoms with Crippen molar-refractivity contribution in [2.24, 2.45) is 4.99 Å². The molecule has 0 fully saturated rings. The lowest BCUT2D eigenvalue weighted by Crippen LogP contribution is -1.84. The third kappa shape index (κ3) is 2.44. The van der Waals surface area contributed by atoms with Gasteiger partial charge in [0.25, 0.3) is 0 Å². The number of rotatable bonds is 2. The molecule has 0 aliphatic carbocycles. The Labute approximate surface area is 128 Å². The first kappa shape index (κ1) is 12.7. The lowest BCUT2D eigenvalue weighted by atomic mass is 10.1. The number of hydrogen-bond acceptors (Lipinski definition) is 3. The fourth-order valence-corrected chi connectivity index (χ4v) is 2.44. The van der Waals surface area contributed by atoms with Gasteiger partial charge in [-0.25, -0.2) is 9.98 Å². The molecule has 0 saturated carbocycles. The summed E-state index contributed by atoms with van der Waals surface area (Å²) >= 11 is 0. The van der Waals surface area contributed by atoms with Gasteiger partial charge in [-0.05, 0) is 42.0 Å². The summed E-state index contributed by atoms with van der Waals surface area (Å²) in [5.74, 6) is 0.713. The van der Waals surface area contributed by atoms with Crippen molar-refractivity contribution in [1.82, 2.24) is 9.97 Å². The largest absolute Gasteiger partial charge is 0.256 e. The van der Waals surface area contributed by atoms with E-state index in [1.807, 2.05) is 66.9 Å². The van der Waals surface area contributed by atoms with Gasteiger partial charge in [-0.2, -0.15) is 0 Å². The van der Waals surface area contributed by atoms with Crippen molar-refractivity contribution in [1.29, 1.82) is 0 Å². The predicted molar refractivity (Wildman–Crippen MR) is 90.7 cm³/mol. The zero-order valence-electron chi connectivity index (χ0n) is 11.8. The highest BCUT2D eigenvalue weighted by atomic mass is 14.9. The van der Waals surface area contributed by atoms with Crippen LogP contribution in [0.15, 0.2) is 77.9 Å². The molecule has 0 spiro atoms. The summed E-state index contributed by atoms with van der Waals surface area (Å²) in [4.78, 5) is 13.3. The summed E-state index contributed by atoms with van der Waals surface area (Å²) < 4.78 is 0. The summed E-state index contributed by atoms with van der Waals surface area (Å²) in [6.45, 7) is 0. The minimum Gasteiger partial charge on any atom is -0.256 e. The number of aromatic nitrogens is 2. The van der Waals surface area contributed by atoms with Gasteiger partial charge >= 0.3 is 0 Å². The molecule has 2 aromatic carbocycles. The molecule has 0 aliphatic rings. The Balaban J connectivity index is 1.68. The van der Waals surface area contributed by atoms with E-state index in [0.29, 0.717) is 5.82 Å². The third-order valence-corrected chi connectivity index (χ3v) is 3.56. The SMILES string of the molecule is C(=Nc1ccc2ccccc2n1)c1ccc2ncccc2c1. The standard InChI is InChI=1S/C19H13N3/c1-2-6-18-15(4-1)8-10-19(22-18)21-13-14-7-9-17-16(12-14)5-3-11-20-17/h1-13H. The highest BCUT2D eigenvalue weighted by Crippen LogP contribution is 2.17. The number of para-hydroxylation sites is 1. The zero-order valence-corrected chi connectivity index (χ0v) is 11.8. The summed E-state index contributed by atoms with van der Waals surface area (Å²) in [6, 6.07) is 22.1. The van der Waals surface area contributed by atoms with Gasteiger partial charge in [0.15, 0.2) is 5.82 Å². The van der Waals surface area contributed by atoms with E-state index in [4.69, 9.17) is 0 Å². The number of pyridine rings is 2. The van der Waals surface area contributed by atoms with Gasteiger partial charge in [0.1, 0.15) is 0 Å². The van der Waals surface area contributed by atoms with E-state index < -0.39 is 0 Å². The maximum Gasteiger partial charge on any atom is 0.152 e. The van der Waals surface area contributed by atoms with Crippen LogP contribution < -0.4 is 0 Å². The molecule has 2 heterocycles. The molecule has 3 nitrogen and oxygen atoms in total. The highest BCUT2D eigenvalue weighted by molar-refractivity contribution is 5.89. The van der Waals surface area contributed by atoms with E-state index in [2.05, 4.69) is 21.0 Å². The maximum absolute atomic E-state index is 4.54. The lowest BCUT2D eigenvalue weighted by molar-refractivity contribution is 1.34. The average Bonchev–Trinajstić information content (AvgIpc) is 2.59. The van der Waals surface area contributed by atoms with Crippen molar-refractivity contribution < 1.29 is 0 Å². The zero-order chi connectivity index (χ0) is 14.8. The quantitative estimate of drug-likeness (QED) is 0.507. The van der Waals surface area contributed by atoms with E-state index in [1.54, 1.807) is 6.20 Å². The molecule has 22 heavy (non-hydrogen) atoms. The Morgan fingerprint density at radius 1 is 0.773 bits per heavy atom. The van der Waals surface area contributed by atoms with E-state index in [0.717, 1.165) is 27.4 Å². The smallest absolute Gasteiger partial charge is 0.152 e. The molecule has 0 unspecified atom stereocenters. The van der Waals surface area contributed by atoms with Gasteiger partial charge in [-0.1, -0.05) is 30.3 Å². The topological polar surface area (TPSA) is 38.1 Å². The highest BCUT2D eigenvalue weighted by Gasteiger charge is 1.97. The Bertz CT molecular complexity index is 908. The molecule has 4 rings (SSSR count). The van der Waals surface area contributed by atoms with Crippen LogP contribution in [-0.4, -0.2) is 16.2 Å². The Morgan fingerprint density at radius 3 is 2.68 bits per heavy atom. The molecule has 3 heteroatoms. The Kier molecular flexibility index (Phi) is 3.09. The Morgan fingerprint density at radius 2 is 1.68 bits per heavy atom. The summed E-state index contributed by atoms with van der Waals surface area (Å²) in [7, 11) is 0. The lowest BCUT2D eigenvalue weighted by Gasteiger charge is -1.99. The van der Waals surface area contributed by atoms with Crippen LogP contribution in [0.25, 0.3) is 21.8 Å². The van der Waals surface area contributed by atoms with Crippen LogP contribution in [0.5, 0.6) is 0 Å². The van der Waals surface area contributed by atoms with Crippen molar-refractivity contribution in [2.75, 3.05) is 0 Å². The molecule has 0 atom stereocenters. The summed E-state index contributed by atoms with van der Waals surface area (Å²) in [6.07, 6.45) is 3.64. The van der Waals surface area contributed by atoms with Crippen LogP contribution >= 0.6 is 0 Å². The van der Waals surface area contributed by atoms with Crippen molar-refractivity contribution in [2.45, 2.75) is 0 Å². The van der Waals surface area contributed by atoms with Crippen LogP contribution in [0, 0.1) is 0 Å². The predicted octanol–water partition coefficient (Wildman–Crippen LogP) is 4.53. The molecule has 104 valence electrons. The maximum atomic E-state index is 4.54. The second-order valence-electron chi connectivity index (χ2n) is 5.08. The van der Waals surface area contributed by atoms with Crippen LogP contribution in [0.1, 0.15) is 5.56 Å². The summed E-state index contributed by atoms with van der Waals surface area (Å²) in [5.41, 5.74) is 2.99. The van der Waals surface area contributed by atoms with Crippen molar-refractivity contribution in [3.05, 3.63) is 78.5 Å². The third-order valence-electron chi connectivity index (χ3n) is 3.56. The average molecular weight is 283 g/mol. The number of fused-ring (bicyclic) bond motifs is 2. The van der Waals surface area contributed by atoms with E-state index in [-0.39, 0.29) is 0 Å². The molecule has 0 amide bonds. The van der Waals surface area contributed by atoms with Crippen molar-refractivity contribution in [3.8, 4) is 0 Å². The molecule has 0 aliphatic heterocycles. The van der Waals surface area contributed by atoms with Crippen LogP contribution in [0.4, 0.5) is 5.82 Å². The molecule has 0 N–H and O–H groups in total. The molecule has 2 aromatic heterocycles. The minimum absolute atomic E-state index is 0.713. The van der Waals surface area contributed by atoms with Gasteiger partial charge < -0.3 is 0 Å². The van der Waals surface area contributed by atoms with Crippen LogP contribution in [0.2, 0.25) is 0 Å². The monoisotopic (exact) mass is 283 g/mol. The molecular weight excluding hydrogens is 270 g/mol. The number of hydrogen-bond donors (Lipinski definition) is 0. The van der Waals surface area contributed by atoms with Gasteiger partial charge in [0, 0.05) is 23.2 Å². The fraction of sp³-hybridized carbons (Fsp3) is 0. The molecular formula is C19H13N3. The van der Waals surface area contributed by atoms with Crippen molar-refractivity contribution in [3.63, 3.8) is 0 Å². The fourth-order valence-electron chi connectivity index (χ4n) is 2.44. The first-order valence-electron chi connectivity index (χ1n) is 7.13. The molecule has 4 aromatic rings. The van der Waals surface area contributed by atoms with E-state index in [9.17, 15) is 0 Å². The number of nitrogens with zero attached hydrogens (tertiary/aromatic N) is 3. The van der Waals surface area contributed by atoms with Gasteiger partial charge in [0.05, 0.1) is 11.0 Å². The van der Waals surface area contributed by atoms with Crippen molar-refractivity contribution >= 4 is 33.8 Å². The van der Waals surface area contributed by atoms with Crippen LogP contribution in [0.3, 0.4) is 0 Å². The second kappa shape index (κ2) is 5.37. The molecule has 0 bridgehead atoms. The molecule has 0 radical (unpaired) electrons. The second-order valence-corrected chi connectivity index (χ2v) is 5.08. The number of aliphatic imine (C=N–C) groups is 1. The first-order chi connectivity index (χ1) is 10.9. The van der Waals surface area contributed by atoms with Crippen LogP contribution in [-0.2, 0) is 0 Å².